The van der Waals surface area contributed by atoms with Gasteiger partial charge in [0.25, 0.3) is 0 Å². The van der Waals surface area contributed by atoms with Gasteiger partial charge in [-0.2, -0.15) is 0 Å². The fourth-order valence-electron chi connectivity index (χ4n) is 3.99. The Bertz CT molecular complexity index is 942. The normalized spacial score (nSPS) is 16.7. The molecule has 1 amide bonds. The van der Waals surface area contributed by atoms with Crippen LogP contribution in [-0.2, 0) is 17.8 Å². The van der Waals surface area contributed by atoms with Crippen molar-refractivity contribution in [2.45, 2.75) is 31.7 Å². The molecule has 1 aliphatic heterocycles. The molecule has 1 saturated heterocycles. The summed E-state index contributed by atoms with van der Waals surface area (Å²) >= 11 is 0. The Balaban J connectivity index is 1.32. The van der Waals surface area contributed by atoms with Crippen LogP contribution in [0.1, 0.15) is 41.5 Å². The van der Waals surface area contributed by atoms with E-state index in [1.807, 2.05) is 59.6 Å². The van der Waals surface area contributed by atoms with E-state index in [9.17, 15) is 4.79 Å². The predicted octanol–water partition coefficient (Wildman–Crippen LogP) is 3.50. The molecular weight excluding hydrogens is 376 g/mol. The predicted molar refractivity (Wildman–Crippen MR) is 115 cm³/mol. The molecule has 3 heterocycles. The number of likely N-dealkylation sites (tertiary alicyclic amines) is 1. The number of nitrogens with zero attached hydrogens (tertiary/aromatic N) is 4. The molecule has 1 aliphatic rings. The largest absolute Gasteiger partial charge is 0.445 e. The fraction of sp³-hybridized carbons (Fsp3) is 0.375. The lowest BCUT2D eigenvalue weighted by molar-refractivity contribution is -0.133. The molecule has 0 aliphatic carbocycles. The maximum absolute atomic E-state index is 12.8. The molecule has 0 bridgehead atoms. The molecule has 0 N–H and O–H groups in total. The lowest BCUT2D eigenvalue weighted by Gasteiger charge is -2.32. The number of likely N-dealkylation sites (N-methyl/N-ethyl adjacent to an activating group) is 1. The average Bonchev–Trinajstić information content (AvgIpc) is 3.24. The third-order valence-electron chi connectivity index (χ3n) is 5.50. The standard InChI is InChI=1S/C24H28N4O2/c1-27(16-20-9-5-11-25-14-20)18-23(29)28-12-6-10-21(17-28)24-26-15-22(30-24)13-19-7-3-2-4-8-19/h2-5,7-9,11,14-15,21H,6,10,12-13,16-18H2,1H3/t21-/m1/s1. The zero-order chi connectivity index (χ0) is 20.8. The molecule has 6 heteroatoms. The summed E-state index contributed by atoms with van der Waals surface area (Å²) in [7, 11) is 1.97. The van der Waals surface area contributed by atoms with Crippen LogP contribution >= 0.6 is 0 Å². The van der Waals surface area contributed by atoms with Gasteiger partial charge in [-0.1, -0.05) is 36.4 Å². The fourth-order valence-corrected chi connectivity index (χ4v) is 3.99. The molecule has 1 atom stereocenters. The van der Waals surface area contributed by atoms with Gasteiger partial charge >= 0.3 is 0 Å². The second kappa shape index (κ2) is 9.67. The molecule has 6 nitrogen and oxygen atoms in total. The summed E-state index contributed by atoms with van der Waals surface area (Å²) in [5.74, 6) is 1.94. The Morgan fingerprint density at radius 3 is 2.80 bits per heavy atom. The molecule has 156 valence electrons. The van der Waals surface area contributed by atoms with Gasteiger partial charge < -0.3 is 9.32 Å². The van der Waals surface area contributed by atoms with Crippen LogP contribution < -0.4 is 0 Å². The number of oxazole rings is 1. The van der Waals surface area contributed by atoms with Gasteiger partial charge in [0.05, 0.1) is 18.7 Å². The number of benzene rings is 1. The molecule has 0 saturated carbocycles. The van der Waals surface area contributed by atoms with Crippen molar-refractivity contribution in [3.8, 4) is 0 Å². The van der Waals surface area contributed by atoms with E-state index in [-0.39, 0.29) is 11.8 Å². The summed E-state index contributed by atoms with van der Waals surface area (Å²) in [6.07, 6.45) is 8.14. The topological polar surface area (TPSA) is 62.5 Å². The Hall–Kier alpha value is -2.99. The van der Waals surface area contributed by atoms with Crippen LogP contribution in [0.25, 0.3) is 0 Å². The molecule has 1 fully saturated rings. The number of carbonyl (C=O) groups excluding carboxylic acids is 1. The van der Waals surface area contributed by atoms with E-state index in [2.05, 4.69) is 22.1 Å². The Labute approximate surface area is 177 Å². The van der Waals surface area contributed by atoms with E-state index in [0.29, 0.717) is 19.6 Å². The summed E-state index contributed by atoms with van der Waals surface area (Å²) in [6.45, 7) is 2.57. The maximum Gasteiger partial charge on any atom is 0.236 e. The van der Waals surface area contributed by atoms with Gasteiger partial charge in [-0.3, -0.25) is 14.7 Å². The zero-order valence-corrected chi connectivity index (χ0v) is 17.4. The summed E-state index contributed by atoms with van der Waals surface area (Å²) in [5.41, 5.74) is 2.31. The number of aromatic nitrogens is 2. The average molecular weight is 405 g/mol. The van der Waals surface area contributed by atoms with Crippen molar-refractivity contribution in [2.75, 3.05) is 26.7 Å². The van der Waals surface area contributed by atoms with Gasteiger partial charge in [-0.25, -0.2) is 4.98 Å². The third kappa shape index (κ3) is 5.33. The number of rotatable bonds is 7. The lowest BCUT2D eigenvalue weighted by Crippen LogP contribution is -2.43. The quantitative estimate of drug-likeness (QED) is 0.603. The van der Waals surface area contributed by atoms with Crippen LogP contribution in [0.15, 0.2) is 65.5 Å². The van der Waals surface area contributed by atoms with Gasteiger partial charge in [0.1, 0.15) is 5.76 Å². The minimum atomic E-state index is 0.155. The molecule has 4 rings (SSSR count). The first-order chi connectivity index (χ1) is 14.7. The number of pyridine rings is 1. The lowest BCUT2D eigenvalue weighted by atomic mass is 9.98. The Kier molecular flexibility index (Phi) is 6.54. The minimum absolute atomic E-state index is 0.155. The van der Waals surface area contributed by atoms with E-state index in [0.717, 1.165) is 43.0 Å². The number of hydrogen-bond donors (Lipinski definition) is 0. The summed E-state index contributed by atoms with van der Waals surface area (Å²) in [6, 6.07) is 14.2. The van der Waals surface area contributed by atoms with Crippen LogP contribution in [-0.4, -0.2) is 52.4 Å². The highest BCUT2D eigenvalue weighted by atomic mass is 16.4. The van der Waals surface area contributed by atoms with Gasteiger partial charge in [-0.15, -0.1) is 0 Å². The SMILES string of the molecule is CN(CC(=O)N1CCC[C@@H](c2ncc(Cc3ccccc3)o2)C1)Cc1cccnc1. The molecule has 0 radical (unpaired) electrons. The van der Waals surface area contributed by atoms with Crippen molar-refractivity contribution in [3.63, 3.8) is 0 Å². The highest BCUT2D eigenvalue weighted by Crippen LogP contribution is 2.27. The Morgan fingerprint density at radius 2 is 2.00 bits per heavy atom. The number of piperidine rings is 1. The molecule has 1 aromatic carbocycles. The number of amides is 1. The molecule has 2 aromatic heterocycles. The second-order valence-electron chi connectivity index (χ2n) is 8.04. The summed E-state index contributed by atoms with van der Waals surface area (Å²) in [4.78, 5) is 25.5. The second-order valence-corrected chi connectivity index (χ2v) is 8.04. The number of hydrogen-bond acceptors (Lipinski definition) is 5. The first kappa shape index (κ1) is 20.3. The smallest absolute Gasteiger partial charge is 0.236 e. The van der Waals surface area contributed by atoms with Crippen LogP contribution in [0.5, 0.6) is 0 Å². The van der Waals surface area contributed by atoms with Crippen molar-refractivity contribution < 1.29 is 9.21 Å². The molecule has 0 spiro atoms. The van der Waals surface area contributed by atoms with Crippen molar-refractivity contribution in [1.82, 2.24) is 19.8 Å². The maximum atomic E-state index is 12.8. The first-order valence-electron chi connectivity index (χ1n) is 10.5. The van der Waals surface area contributed by atoms with Crippen LogP contribution in [0.3, 0.4) is 0 Å². The van der Waals surface area contributed by atoms with E-state index in [1.54, 1.807) is 6.20 Å². The highest BCUT2D eigenvalue weighted by molar-refractivity contribution is 5.78. The van der Waals surface area contributed by atoms with Crippen LogP contribution in [0.2, 0.25) is 0 Å². The van der Waals surface area contributed by atoms with Crippen molar-refractivity contribution in [2.24, 2.45) is 0 Å². The minimum Gasteiger partial charge on any atom is -0.445 e. The number of carbonyl (C=O) groups is 1. The van der Waals surface area contributed by atoms with Gasteiger partial charge in [0, 0.05) is 38.4 Å². The van der Waals surface area contributed by atoms with Crippen LogP contribution in [0.4, 0.5) is 0 Å². The van der Waals surface area contributed by atoms with Crippen molar-refractivity contribution >= 4 is 5.91 Å². The van der Waals surface area contributed by atoms with E-state index in [4.69, 9.17) is 4.42 Å². The summed E-state index contributed by atoms with van der Waals surface area (Å²) < 4.78 is 6.05. The van der Waals surface area contributed by atoms with Crippen LogP contribution in [0, 0.1) is 0 Å². The molecule has 0 unspecified atom stereocenters. The third-order valence-corrected chi connectivity index (χ3v) is 5.50. The van der Waals surface area contributed by atoms with Gasteiger partial charge in [0.15, 0.2) is 5.89 Å². The summed E-state index contributed by atoms with van der Waals surface area (Å²) in [5, 5.41) is 0. The zero-order valence-electron chi connectivity index (χ0n) is 17.4. The van der Waals surface area contributed by atoms with Crippen molar-refractivity contribution in [1.29, 1.82) is 0 Å². The van der Waals surface area contributed by atoms with E-state index < -0.39 is 0 Å². The molecule has 3 aromatic rings. The van der Waals surface area contributed by atoms with E-state index in [1.165, 1.54) is 5.56 Å². The Morgan fingerprint density at radius 1 is 1.17 bits per heavy atom. The highest BCUT2D eigenvalue weighted by Gasteiger charge is 2.28. The monoisotopic (exact) mass is 404 g/mol. The first-order valence-corrected chi connectivity index (χ1v) is 10.5. The molecular formula is C24H28N4O2. The molecule has 30 heavy (non-hydrogen) atoms. The van der Waals surface area contributed by atoms with E-state index >= 15 is 0 Å². The van der Waals surface area contributed by atoms with Crippen molar-refractivity contribution in [3.05, 3.63) is 83.8 Å². The van der Waals surface area contributed by atoms with Gasteiger partial charge in [0.2, 0.25) is 5.91 Å². The van der Waals surface area contributed by atoms with Gasteiger partial charge in [-0.05, 0) is 37.1 Å².